The third-order valence-electron chi connectivity index (χ3n) is 2.79. The third kappa shape index (κ3) is 3.83. The molecule has 0 aromatic heterocycles. The van der Waals surface area contributed by atoms with Crippen molar-refractivity contribution in [1.29, 1.82) is 0 Å². The molecular formula is C15H13Br2FN2O. The van der Waals surface area contributed by atoms with E-state index in [-0.39, 0.29) is 17.2 Å². The summed E-state index contributed by atoms with van der Waals surface area (Å²) >= 11 is 6.72. The number of nitrogens with one attached hydrogen (secondary N) is 2. The summed E-state index contributed by atoms with van der Waals surface area (Å²) in [6, 6.07) is 9.86. The number of amides is 1. The Hall–Kier alpha value is -1.40. The zero-order chi connectivity index (χ0) is 15.4. The number of para-hydroxylation sites is 1. The lowest BCUT2D eigenvalue weighted by Gasteiger charge is -2.13. The van der Waals surface area contributed by atoms with E-state index in [1.54, 1.807) is 12.1 Å². The van der Waals surface area contributed by atoms with Crippen LogP contribution in [0.1, 0.15) is 17.3 Å². The van der Waals surface area contributed by atoms with E-state index >= 15 is 0 Å². The van der Waals surface area contributed by atoms with Gasteiger partial charge in [-0.3, -0.25) is 4.79 Å². The Morgan fingerprint density at radius 2 is 2.00 bits per heavy atom. The molecule has 2 aromatic rings. The minimum absolute atomic E-state index is 0.212. The van der Waals surface area contributed by atoms with E-state index < -0.39 is 5.82 Å². The van der Waals surface area contributed by atoms with Crippen molar-refractivity contribution in [2.45, 2.75) is 6.92 Å². The summed E-state index contributed by atoms with van der Waals surface area (Å²) in [5.74, 6) is -0.818. The van der Waals surface area contributed by atoms with Crippen molar-refractivity contribution in [2.24, 2.45) is 0 Å². The van der Waals surface area contributed by atoms with E-state index in [9.17, 15) is 9.18 Å². The maximum atomic E-state index is 13.8. The Morgan fingerprint density at radius 1 is 1.24 bits per heavy atom. The van der Waals surface area contributed by atoms with E-state index in [1.165, 1.54) is 12.1 Å². The average molecular weight is 416 g/mol. The first-order valence-corrected chi connectivity index (χ1v) is 7.90. The molecule has 0 unspecified atom stereocenters. The van der Waals surface area contributed by atoms with Gasteiger partial charge in [0.1, 0.15) is 5.82 Å². The van der Waals surface area contributed by atoms with Crippen LogP contribution in [0.2, 0.25) is 0 Å². The topological polar surface area (TPSA) is 41.1 Å². The van der Waals surface area contributed by atoms with Crippen molar-refractivity contribution in [2.75, 3.05) is 17.2 Å². The molecule has 0 aliphatic carbocycles. The van der Waals surface area contributed by atoms with Gasteiger partial charge in [0, 0.05) is 15.5 Å². The van der Waals surface area contributed by atoms with E-state index in [4.69, 9.17) is 0 Å². The summed E-state index contributed by atoms with van der Waals surface area (Å²) < 4.78 is 15.4. The van der Waals surface area contributed by atoms with Crippen molar-refractivity contribution in [3.05, 3.63) is 56.7 Å². The predicted octanol–water partition coefficient (Wildman–Crippen LogP) is 5.03. The number of carbonyl (C=O) groups excluding carboxylic acids is 1. The molecule has 0 saturated heterocycles. The van der Waals surface area contributed by atoms with Gasteiger partial charge in [-0.25, -0.2) is 4.39 Å². The average Bonchev–Trinajstić information content (AvgIpc) is 2.45. The Kier molecular flexibility index (Phi) is 5.36. The van der Waals surface area contributed by atoms with Gasteiger partial charge in [-0.05, 0) is 53.2 Å². The van der Waals surface area contributed by atoms with E-state index in [0.717, 1.165) is 8.95 Å². The number of hydrogen-bond donors (Lipinski definition) is 2. The highest BCUT2D eigenvalue weighted by Gasteiger charge is 2.15. The molecule has 6 heteroatoms. The first-order chi connectivity index (χ1) is 10.0. The molecule has 3 nitrogen and oxygen atoms in total. The van der Waals surface area contributed by atoms with Gasteiger partial charge in [-0.1, -0.05) is 22.0 Å². The molecule has 0 radical (unpaired) electrons. The smallest absolute Gasteiger partial charge is 0.257 e. The third-order valence-corrected chi connectivity index (χ3v) is 3.97. The molecule has 110 valence electrons. The number of rotatable bonds is 4. The lowest BCUT2D eigenvalue weighted by atomic mass is 10.1. The fourth-order valence-electron chi connectivity index (χ4n) is 1.85. The van der Waals surface area contributed by atoms with Crippen LogP contribution in [0.5, 0.6) is 0 Å². The maximum Gasteiger partial charge on any atom is 0.257 e. The largest absolute Gasteiger partial charge is 0.382 e. The second-order valence-electron chi connectivity index (χ2n) is 4.27. The molecule has 0 saturated carbocycles. The van der Waals surface area contributed by atoms with Crippen LogP contribution in [-0.4, -0.2) is 12.5 Å². The SMILES string of the molecule is CCNc1c(F)cccc1C(=O)Nc1cc(Br)ccc1Br. The highest BCUT2D eigenvalue weighted by atomic mass is 79.9. The fraction of sp³-hybridized carbons (Fsp3) is 0.133. The second kappa shape index (κ2) is 7.04. The monoisotopic (exact) mass is 414 g/mol. The van der Waals surface area contributed by atoms with Crippen molar-refractivity contribution in [3.8, 4) is 0 Å². The van der Waals surface area contributed by atoms with Crippen LogP contribution in [-0.2, 0) is 0 Å². The minimum atomic E-state index is -0.446. The lowest BCUT2D eigenvalue weighted by Crippen LogP contribution is -2.16. The fourth-order valence-corrected chi connectivity index (χ4v) is 2.56. The quantitative estimate of drug-likeness (QED) is 0.734. The van der Waals surface area contributed by atoms with E-state index in [2.05, 4.69) is 42.5 Å². The number of carbonyl (C=O) groups is 1. The molecule has 0 heterocycles. The molecule has 0 aliphatic rings. The predicted molar refractivity (Wildman–Crippen MR) is 90.4 cm³/mol. The molecule has 2 N–H and O–H groups in total. The second-order valence-corrected chi connectivity index (χ2v) is 6.04. The minimum Gasteiger partial charge on any atom is -0.382 e. The standard InChI is InChI=1S/C15H13Br2FN2O/c1-2-19-14-10(4-3-5-12(14)18)15(21)20-13-8-9(16)6-7-11(13)17/h3-8,19H,2H2,1H3,(H,20,21). The van der Waals surface area contributed by atoms with Crippen molar-refractivity contribution in [3.63, 3.8) is 0 Å². The van der Waals surface area contributed by atoms with Gasteiger partial charge in [-0.2, -0.15) is 0 Å². The summed E-state index contributed by atoms with van der Waals surface area (Å²) in [5.41, 5.74) is 1.09. The lowest BCUT2D eigenvalue weighted by molar-refractivity contribution is 0.102. The van der Waals surface area contributed by atoms with E-state index in [1.807, 2.05) is 19.1 Å². The maximum absolute atomic E-state index is 13.8. The normalized spacial score (nSPS) is 10.3. The Morgan fingerprint density at radius 3 is 2.71 bits per heavy atom. The number of halogens is 3. The van der Waals surface area contributed by atoms with Gasteiger partial charge in [-0.15, -0.1) is 0 Å². The highest BCUT2D eigenvalue weighted by molar-refractivity contribution is 9.11. The van der Waals surface area contributed by atoms with Crippen LogP contribution in [0.3, 0.4) is 0 Å². The summed E-state index contributed by atoms with van der Waals surface area (Å²) in [6.45, 7) is 2.38. The first-order valence-electron chi connectivity index (χ1n) is 6.31. The summed E-state index contributed by atoms with van der Waals surface area (Å²) in [5, 5.41) is 5.65. The zero-order valence-electron chi connectivity index (χ0n) is 11.2. The molecule has 21 heavy (non-hydrogen) atoms. The molecule has 0 spiro atoms. The molecule has 0 aliphatic heterocycles. The van der Waals surface area contributed by atoms with Crippen LogP contribution in [0.4, 0.5) is 15.8 Å². The van der Waals surface area contributed by atoms with Crippen LogP contribution in [0.15, 0.2) is 45.3 Å². The van der Waals surface area contributed by atoms with Gasteiger partial charge >= 0.3 is 0 Å². The van der Waals surface area contributed by atoms with Gasteiger partial charge in [0.15, 0.2) is 0 Å². The van der Waals surface area contributed by atoms with Crippen LogP contribution in [0, 0.1) is 5.82 Å². The highest BCUT2D eigenvalue weighted by Crippen LogP contribution is 2.28. The molecule has 0 bridgehead atoms. The van der Waals surface area contributed by atoms with Crippen molar-refractivity contribution < 1.29 is 9.18 Å². The Balaban J connectivity index is 2.32. The first kappa shape index (κ1) is 16.0. The molecule has 1 amide bonds. The van der Waals surface area contributed by atoms with Gasteiger partial charge in [0.2, 0.25) is 0 Å². The summed E-state index contributed by atoms with van der Waals surface area (Å²) in [7, 11) is 0. The van der Waals surface area contributed by atoms with Crippen molar-refractivity contribution in [1.82, 2.24) is 0 Å². The van der Waals surface area contributed by atoms with Crippen molar-refractivity contribution >= 4 is 49.1 Å². The van der Waals surface area contributed by atoms with Crippen LogP contribution >= 0.6 is 31.9 Å². The number of benzene rings is 2. The number of anilines is 2. The van der Waals surface area contributed by atoms with Crippen LogP contribution in [0.25, 0.3) is 0 Å². The molecule has 2 aromatic carbocycles. The molecular weight excluding hydrogens is 403 g/mol. The zero-order valence-corrected chi connectivity index (χ0v) is 14.4. The van der Waals surface area contributed by atoms with Gasteiger partial charge < -0.3 is 10.6 Å². The Labute approximate surface area is 139 Å². The number of hydrogen-bond acceptors (Lipinski definition) is 2. The van der Waals surface area contributed by atoms with Crippen LogP contribution < -0.4 is 10.6 Å². The van der Waals surface area contributed by atoms with Gasteiger partial charge in [0.05, 0.1) is 16.9 Å². The summed E-state index contributed by atoms with van der Waals surface area (Å²) in [6.07, 6.45) is 0. The molecule has 0 atom stereocenters. The van der Waals surface area contributed by atoms with E-state index in [0.29, 0.717) is 12.2 Å². The van der Waals surface area contributed by atoms with Gasteiger partial charge in [0.25, 0.3) is 5.91 Å². The molecule has 2 rings (SSSR count). The molecule has 0 fully saturated rings. The summed E-state index contributed by atoms with van der Waals surface area (Å²) in [4.78, 5) is 12.4. The Bertz CT molecular complexity index is 677.